The van der Waals surface area contributed by atoms with Crippen LogP contribution in [0.1, 0.15) is 17.2 Å². The summed E-state index contributed by atoms with van der Waals surface area (Å²) < 4.78 is 0. The first-order chi connectivity index (χ1) is 9.01. The van der Waals surface area contributed by atoms with Gasteiger partial charge in [0.2, 0.25) is 0 Å². The zero-order chi connectivity index (χ0) is 14.4. The van der Waals surface area contributed by atoms with E-state index in [0.29, 0.717) is 0 Å². The molecule has 0 saturated carbocycles. The van der Waals surface area contributed by atoms with Crippen LogP contribution in [-0.4, -0.2) is 27.8 Å². The number of aliphatic hydroxyl groups excluding tert-OH is 2. The van der Waals surface area contributed by atoms with Gasteiger partial charge in [-0.25, -0.2) is 0 Å². The average Bonchev–Trinajstić information content (AvgIpc) is 2.43. The van der Waals surface area contributed by atoms with E-state index in [1.807, 2.05) is 0 Å². The molecule has 0 spiro atoms. The molecular formula is C10H9N5O4. The van der Waals surface area contributed by atoms with Crippen LogP contribution >= 0.6 is 0 Å². The molecule has 0 aromatic heterocycles. The second-order valence-corrected chi connectivity index (χ2v) is 3.57. The Balaban J connectivity index is 3.15. The summed E-state index contributed by atoms with van der Waals surface area (Å²) in [6.45, 7) is -0.422. The molecule has 1 aromatic rings. The highest BCUT2D eigenvalue weighted by molar-refractivity contribution is 5.48. The van der Waals surface area contributed by atoms with Gasteiger partial charge >= 0.3 is 0 Å². The Hall–Kier alpha value is -2.66. The lowest BCUT2D eigenvalue weighted by Crippen LogP contribution is -2.22. The molecule has 9 nitrogen and oxygen atoms in total. The predicted octanol–water partition coefficient (Wildman–Crippen LogP) is 1.17. The summed E-state index contributed by atoms with van der Waals surface area (Å²) >= 11 is 0. The maximum Gasteiger partial charge on any atom is 0.276 e. The molecule has 0 fully saturated rings. The van der Waals surface area contributed by atoms with Crippen LogP contribution in [0.25, 0.3) is 10.4 Å². The van der Waals surface area contributed by atoms with Gasteiger partial charge in [-0.2, -0.15) is 5.26 Å². The van der Waals surface area contributed by atoms with E-state index in [1.54, 1.807) is 6.07 Å². The molecule has 1 aromatic carbocycles. The van der Waals surface area contributed by atoms with Crippen molar-refractivity contribution in [1.29, 1.82) is 5.26 Å². The third-order valence-electron chi connectivity index (χ3n) is 2.37. The first-order valence-corrected chi connectivity index (χ1v) is 5.06. The summed E-state index contributed by atoms with van der Waals surface area (Å²) in [6, 6.07) is 5.20. The van der Waals surface area contributed by atoms with Crippen LogP contribution in [0.2, 0.25) is 0 Å². The number of nitro benzene ring substituents is 1. The van der Waals surface area contributed by atoms with Gasteiger partial charge in [0.1, 0.15) is 6.10 Å². The van der Waals surface area contributed by atoms with E-state index < -0.39 is 29.4 Å². The van der Waals surface area contributed by atoms with Crippen LogP contribution in [0.5, 0.6) is 0 Å². The lowest BCUT2D eigenvalue weighted by atomic mass is 10.0. The van der Waals surface area contributed by atoms with Crippen LogP contribution in [0, 0.1) is 21.4 Å². The zero-order valence-electron chi connectivity index (χ0n) is 9.54. The number of azide groups is 1. The monoisotopic (exact) mass is 263 g/mol. The minimum Gasteiger partial charge on any atom is -0.390 e. The largest absolute Gasteiger partial charge is 0.390 e. The van der Waals surface area contributed by atoms with Crippen molar-refractivity contribution in [2.45, 2.75) is 12.2 Å². The van der Waals surface area contributed by atoms with Gasteiger partial charge in [0.15, 0.2) is 0 Å². The predicted molar refractivity (Wildman–Crippen MR) is 62.8 cm³/mol. The summed E-state index contributed by atoms with van der Waals surface area (Å²) in [7, 11) is 0. The van der Waals surface area contributed by atoms with Gasteiger partial charge in [-0.3, -0.25) is 10.1 Å². The first-order valence-electron chi connectivity index (χ1n) is 5.06. The third-order valence-corrected chi connectivity index (χ3v) is 2.37. The fraction of sp³-hybridized carbons (Fsp3) is 0.300. The van der Waals surface area contributed by atoms with E-state index in [1.165, 1.54) is 12.1 Å². The molecule has 0 radical (unpaired) electrons. The molecule has 98 valence electrons. The lowest BCUT2D eigenvalue weighted by Gasteiger charge is -2.16. The second-order valence-electron chi connectivity index (χ2n) is 3.57. The molecule has 0 heterocycles. The molecule has 9 heteroatoms. The highest BCUT2D eigenvalue weighted by Gasteiger charge is 2.26. The van der Waals surface area contributed by atoms with Gasteiger partial charge in [0.05, 0.1) is 34.8 Å². The molecule has 2 atom stereocenters. The molecule has 2 N–H and O–H groups in total. The second kappa shape index (κ2) is 6.32. The van der Waals surface area contributed by atoms with Crippen molar-refractivity contribution in [2.24, 2.45) is 5.11 Å². The summed E-state index contributed by atoms with van der Waals surface area (Å²) in [5.41, 5.74) is 7.53. The number of hydrogen-bond acceptors (Lipinski definition) is 6. The van der Waals surface area contributed by atoms with Crippen molar-refractivity contribution < 1.29 is 15.1 Å². The number of nitriles is 1. The van der Waals surface area contributed by atoms with Crippen LogP contribution in [0.4, 0.5) is 5.69 Å². The van der Waals surface area contributed by atoms with Crippen molar-refractivity contribution in [3.8, 4) is 6.07 Å². The molecule has 0 aliphatic carbocycles. The number of aliphatic hydroxyl groups is 2. The number of benzene rings is 1. The summed E-state index contributed by atoms with van der Waals surface area (Å²) in [5.74, 6) is 0. The number of nitro groups is 1. The summed E-state index contributed by atoms with van der Waals surface area (Å²) in [4.78, 5) is 12.5. The minimum atomic E-state index is -1.58. The topological polar surface area (TPSA) is 156 Å². The Kier molecular flexibility index (Phi) is 4.79. The van der Waals surface area contributed by atoms with Crippen LogP contribution in [-0.2, 0) is 0 Å². The van der Waals surface area contributed by atoms with Gasteiger partial charge in [-0.1, -0.05) is 5.11 Å². The molecular weight excluding hydrogens is 254 g/mol. The van der Waals surface area contributed by atoms with Crippen molar-refractivity contribution in [3.05, 3.63) is 49.9 Å². The van der Waals surface area contributed by atoms with E-state index in [-0.39, 0.29) is 11.1 Å². The van der Waals surface area contributed by atoms with Crippen LogP contribution in [0.15, 0.2) is 23.3 Å². The first kappa shape index (κ1) is 14.4. The normalized spacial score (nSPS) is 12.9. The van der Waals surface area contributed by atoms with Gasteiger partial charge in [0.25, 0.3) is 5.69 Å². The van der Waals surface area contributed by atoms with E-state index in [0.717, 1.165) is 6.07 Å². The van der Waals surface area contributed by atoms with Crippen LogP contribution in [0.3, 0.4) is 0 Å². The van der Waals surface area contributed by atoms with Crippen molar-refractivity contribution >= 4 is 5.69 Å². The minimum absolute atomic E-state index is 0.0622. The fourth-order valence-electron chi connectivity index (χ4n) is 1.45. The highest BCUT2D eigenvalue weighted by atomic mass is 16.6. The maximum atomic E-state index is 10.9. The van der Waals surface area contributed by atoms with Gasteiger partial charge < -0.3 is 10.2 Å². The number of nitrogens with zero attached hydrogens (tertiary/aromatic N) is 5. The van der Waals surface area contributed by atoms with E-state index in [2.05, 4.69) is 10.0 Å². The molecule has 0 aliphatic heterocycles. The zero-order valence-corrected chi connectivity index (χ0v) is 9.54. The van der Waals surface area contributed by atoms with Gasteiger partial charge in [-0.05, 0) is 17.7 Å². The Bertz CT molecular complexity index is 576. The molecule has 2 unspecified atom stereocenters. The molecule has 0 amide bonds. The Labute approximate surface area is 107 Å². The molecule has 0 saturated heterocycles. The quantitative estimate of drug-likeness (QED) is 0.268. The maximum absolute atomic E-state index is 10.9. The van der Waals surface area contributed by atoms with Gasteiger partial charge in [0, 0.05) is 11.0 Å². The highest BCUT2D eigenvalue weighted by Crippen LogP contribution is 2.28. The smallest absolute Gasteiger partial charge is 0.276 e. The van der Waals surface area contributed by atoms with Crippen molar-refractivity contribution in [1.82, 2.24) is 0 Å². The molecule has 1 rings (SSSR count). The third kappa shape index (κ3) is 3.40. The van der Waals surface area contributed by atoms with E-state index in [4.69, 9.17) is 10.8 Å². The number of hydrogen-bond donors (Lipinski definition) is 2. The molecule has 19 heavy (non-hydrogen) atoms. The Morgan fingerprint density at radius 1 is 1.58 bits per heavy atom. The summed E-state index contributed by atoms with van der Waals surface area (Å²) in [6.07, 6.45) is -3.05. The number of rotatable bonds is 5. The van der Waals surface area contributed by atoms with Crippen LogP contribution < -0.4 is 0 Å². The lowest BCUT2D eigenvalue weighted by molar-refractivity contribution is -0.386. The van der Waals surface area contributed by atoms with Crippen molar-refractivity contribution in [2.75, 3.05) is 6.54 Å². The Morgan fingerprint density at radius 3 is 2.79 bits per heavy atom. The average molecular weight is 263 g/mol. The van der Waals surface area contributed by atoms with Crippen molar-refractivity contribution in [3.63, 3.8) is 0 Å². The molecule has 0 bridgehead atoms. The SMILES string of the molecule is N#Cc1ccc(C(O)C(O)CN=[N+]=[N-])c([N+](=O)[O-])c1. The van der Waals surface area contributed by atoms with E-state index in [9.17, 15) is 20.3 Å². The van der Waals surface area contributed by atoms with E-state index >= 15 is 0 Å². The van der Waals surface area contributed by atoms with Gasteiger partial charge in [-0.15, -0.1) is 0 Å². The fourth-order valence-corrected chi connectivity index (χ4v) is 1.45. The summed E-state index contributed by atoms with van der Waals surface area (Å²) in [5, 5.41) is 41.9. The molecule has 0 aliphatic rings. The Morgan fingerprint density at radius 2 is 2.26 bits per heavy atom. The standard InChI is InChI=1S/C10H9N5O4/c11-4-6-1-2-7(8(3-6)15(18)19)10(17)9(16)5-13-14-12/h1-3,9-10,16-17H,5H2.